The van der Waals surface area contributed by atoms with Crippen LogP contribution in [-0.4, -0.2) is 45.5 Å². The topological polar surface area (TPSA) is 94.7 Å². The normalized spacial score (nSPS) is 17.9. The molecule has 2 aromatic carbocycles. The summed E-state index contributed by atoms with van der Waals surface area (Å²) in [4.78, 5) is 29.6. The van der Waals surface area contributed by atoms with E-state index in [2.05, 4.69) is 9.88 Å². The molecule has 170 valence electrons. The molecule has 7 nitrogen and oxygen atoms in total. The molecular formula is C25H24FN3O4. The highest BCUT2D eigenvalue weighted by Crippen LogP contribution is 2.40. The lowest BCUT2D eigenvalue weighted by molar-refractivity contribution is -0.124. The number of fused-ring (bicyclic) bond motifs is 2. The Bertz CT molecular complexity index is 1260. The third-order valence-corrected chi connectivity index (χ3v) is 6.54. The summed E-state index contributed by atoms with van der Waals surface area (Å²) in [6.07, 6.45) is 6.46. The van der Waals surface area contributed by atoms with Gasteiger partial charge in [0.1, 0.15) is 17.2 Å². The Morgan fingerprint density at radius 2 is 2.06 bits per heavy atom. The van der Waals surface area contributed by atoms with Gasteiger partial charge in [-0.1, -0.05) is 6.07 Å². The molecule has 1 fully saturated rings. The third-order valence-electron chi connectivity index (χ3n) is 6.54. The number of amides is 1. The molecule has 3 N–H and O–H groups in total. The van der Waals surface area contributed by atoms with E-state index in [1.165, 1.54) is 29.8 Å². The zero-order valence-corrected chi connectivity index (χ0v) is 17.9. The number of Topliss-reactive ketones (excluding diaryl/α,β-unsaturated/α-hetero) is 1. The number of piperidine rings is 1. The molecule has 0 atom stereocenters. The van der Waals surface area contributed by atoms with Crippen molar-refractivity contribution in [1.82, 2.24) is 15.4 Å². The number of carbonyl (C=O) groups excluding carboxylic acids is 2. The molecule has 1 spiro atoms. The van der Waals surface area contributed by atoms with Crippen LogP contribution in [0.25, 0.3) is 17.0 Å². The number of nitrogens with one attached hydrogen (secondary N) is 2. The maximum absolute atomic E-state index is 13.5. The molecule has 1 amide bonds. The predicted octanol–water partition coefficient (Wildman–Crippen LogP) is 3.83. The number of hydrogen-bond acceptors (Lipinski definition) is 5. The van der Waals surface area contributed by atoms with E-state index in [0.29, 0.717) is 23.3 Å². The van der Waals surface area contributed by atoms with E-state index in [1.54, 1.807) is 18.2 Å². The lowest BCUT2D eigenvalue weighted by atomic mass is 9.82. The van der Waals surface area contributed by atoms with Gasteiger partial charge in [0.15, 0.2) is 5.78 Å². The van der Waals surface area contributed by atoms with Gasteiger partial charge in [-0.15, -0.1) is 0 Å². The highest BCUT2D eigenvalue weighted by atomic mass is 19.1. The number of rotatable bonds is 4. The van der Waals surface area contributed by atoms with Crippen molar-refractivity contribution in [2.24, 2.45) is 0 Å². The Morgan fingerprint density at radius 3 is 2.85 bits per heavy atom. The van der Waals surface area contributed by atoms with Crippen molar-refractivity contribution in [2.75, 3.05) is 13.1 Å². The summed E-state index contributed by atoms with van der Waals surface area (Å²) in [5.41, 5.74) is 4.15. The molecule has 0 bridgehead atoms. The minimum Gasteiger partial charge on any atom is -0.486 e. The summed E-state index contributed by atoms with van der Waals surface area (Å²) < 4.78 is 19.8. The number of hydrogen-bond donors (Lipinski definition) is 3. The van der Waals surface area contributed by atoms with Crippen molar-refractivity contribution in [3.8, 4) is 5.75 Å². The van der Waals surface area contributed by atoms with Crippen LogP contribution in [0.2, 0.25) is 0 Å². The van der Waals surface area contributed by atoms with Crippen molar-refractivity contribution in [1.29, 1.82) is 0 Å². The first-order valence-electron chi connectivity index (χ1n) is 10.9. The number of nitrogens with zero attached hydrogens (tertiary/aromatic N) is 1. The zero-order chi connectivity index (χ0) is 23.0. The van der Waals surface area contributed by atoms with E-state index in [0.717, 1.165) is 48.9 Å². The molecule has 1 aromatic heterocycles. The summed E-state index contributed by atoms with van der Waals surface area (Å²) in [5, 5.41) is 9.62. The molecule has 5 rings (SSSR count). The molecule has 33 heavy (non-hydrogen) atoms. The molecule has 0 saturated carbocycles. The predicted molar refractivity (Wildman–Crippen MR) is 120 cm³/mol. The van der Waals surface area contributed by atoms with Crippen molar-refractivity contribution in [3.63, 3.8) is 0 Å². The van der Waals surface area contributed by atoms with E-state index in [1.807, 2.05) is 12.3 Å². The maximum Gasteiger partial charge on any atom is 0.267 e. The lowest BCUT2D eigenvalue weighted by Gasteiger charge is -2.44. The van der Waals surface area contributed by atoms with Crippen molar-refractivity contribution >= 4 is 28.7 Å². The summed E-state index contributed by atoms with van der Waals surface area (Å²) >= 11 is 0. The minimum absolute atomic E-state index is 0.0326. The van der Waals surface area contributed by atoms with Gasteiger partial charge >= 0.3 is 0 Å². The van der Waals surface area contributed by atoms with Crippen molar-refractivity contribution in [2.45, 2.75) is 31.4 Å². The largest absolute Gasteiger partial charge is 0.486 e. The van der Waals surface area contributed by atoms with Gasteiger partial charge in [0.05, 0.1) is 12.0 Å². The first-order valence-corrected chi connectivity index (χ1v) is 10.9. The fraction of sp³-hybridized carbons (Fsp3) is 0.280. The fourth-order valence-corrected chi connectivity index (χ4v) is 4.75. The minimum atomic E-state index is -0.638. The van der Waals surface area contributed by atoms with E-state index < -0.39 is 11.5 Å². The van der Waals surface area contributed by atoms with Crippen LogP contribution in [0.15, 0.2) is 48.7 Å². The molecule has 3 aromatic rings. The molecule has 2 aliphatic heterocycles. The summed E-state index contributed by atoms with van der Waals surface area (Å²) in [6.45, 7) is 2.35. The van der Waals surface area contributed by atoms with E-state index in [9.17, 15) is 14.0 Å². The molecule has 0 radical (unpaired) electrons. The van der Waals surface area contributed by atoms with Crippen molar-refractivity contribution < 1.29 is 23.9 Å². The van der Waals surface area contributed by atoms with Gasteiger partial charge in [0.2, 0.25) is 0 Å². The number of aromatic amines is 1. The van der Waals surface area contributed by atoms with Crippen LogP contribution in [0.3, 0.4) is 0 Å². The Hall–Kier alpha value is -3.49. The van der Waals surface area contributed by atoms with Crippen LogP contribution in [0.1, 0.15) is 40.7 Å². The van der Waals surface area contributed by atoms with E-state index >= 15 is 0 Å². The van der Waals surface area contributed by atoms with Gasteiger partial charge in [0.25, 0.3) is 5.91 Å². The number of H-pyrrole nitrogens is 1. The average Bonchev–Trinajstić information content (AvgIpc) is 3.21. The van der Waals surface area contributed by atoms with E-state index in [4.69, 9.17) is 9.94 Å². The smallest absolute Gasteiger partial charge is 0.267 e. The number of ketones is 1. The maximum atomic E-state index is 13.5. The van der Waals surface area contributed by atoms with Gasteiger partial charge in [-0.2, -0.15) is 0 Å². The summed E-state index contributed by atoms with van der Waals surface area (Å²) in [7, 11) is 0. The molecule has 0 aliphatic carbocycles. The highest BCUT2D eigenvalue weighted by molar-refractivity contribution is 6.01. The van der Waals surface area contributed by atoms with E-state index in [-0.39, 0.29) is 11.6 Å². The SMILES string of the molecule is O=C(C=Cc1ccc2c(c1)C(=O)CC1(CCN(Cc3c[nH]c4cc(F)ccc34)CC1)O2)NO. The standard InChI is InChI=1S/C25H24FN3O4/c26-18-3-4-19-17(14-27-21(19)12-18)15-29-9-7-25(8-10-29)13-22(30)20-11-16(1-5-23(20)33-25)2-6-24(31)28-32/h1-6,11-12,14,27,32H,7-10,13,15H2,(H,28,31). The second-order valence-corrected chi connectivity index (χ2v) is 8.73. The Morgan fingerprint density at radius 1 is 1.24 bits per heavy atom. The molecule has 8 heteroatoms. The Labute approximate surface area is 189 Å². The average molecular weight is 449 g/mol. The molecule has 3 heterocycles. The number of likely N-dealkylation sites (tertiary alicyclic amines) is 1. The van der Waals surface area contributed by atoms with Crippen LogP contribution in [-0.2, 0) is 11.3 Å². The fourth-order valence-electron chi connectivity index (χ4n) is 4.75. The van der Waals surface area contributed by atoms with Crippen LogP contribution < -0.4 is 10.2 Å². The molecular weight excluding hydrogens is 425 g/mol. The van der Waals surface area contributed by atoms with Crippen LogP contribution in [0.5, 0.6) is 5.75 Å². The molecule has 0 unspecified atom stereocenters. The number of aromatic nitrogens is 1. The summed E-state index contributed by atoms with van der Waals surface area (Å²) in [6, 6.07) is 10.0. The first-order chi connectivity index (χ1) is 15.9. The van der Waals surface area contributed by atoms with Crippen molar-refractivity contribution in [3.05, 3.63) is 71.2 Å². The number of benzene rings is 2. The quantitative estimate of drug-likeness (QED) is 0.320. The lowest BCUT2D eigenvalue weighted by Crippen LogP contribution is -2.50. The number of hydroxylamine groups is 1. The number of ether oxygens (including phenoxy) is 1. The Kier molecular flexibility index (Phi) is 5.47. The van der Waals surface area contributed by atoms with Gasteiger partial charge in [-0.25, -0.2) is 9.87 Å². The molecule has 1 saturated heterocycles. The first kappa shape index (κ1) is 21.4. The van der Waals surface area contributed by atoms with Crippen LogP contribution in [0, 0.1) is 5.82 Å². The monoisotopic (exact) mass is 449 g/mol. The van der Waals surface area contributed by atoms with Gasteiger partial charge in [-0.05, 0) is 47.5 Å². The van der Waals surface area contributed by atoms with Gasteiger partial charge in [0, 0.05) is 55.7 Å². The Balaban J connectivity index is 1.26. The second kappa shape index (κ2) is 8.46. The molecule has 2 aliphatic rings. The number of carbonyl (C=O) groups is 2. The second-order valence-electron chi connectivity index (χ2n) is 8.73. The zero-order valence-electron chi connectivity index (χ0n) is 17.9. The van der Waals surface area contributed by atoms with Gasteiger partial charge in [-0.3, -0.25) is 19.7 Å². The van der Waals surface area contributed by atoms with Crippen LogP contribution in [0.4, 0.5) is 4.39 Å². The number of halogens is 1. The highest BCUT2D eigenvalue weighted by Gasteiger charge is 2.43. The third kappa shape index (κ3) is 4.27. The van der Waals surface area contributed by atoms with Gasteiger partial charge < -0.3 is 9.72 Å². The van der Waals surface area contributed by atoms with Crippen LogP contribution >= 0.6 is 0 Å². The summed E-state index contributed by atoms with van der Waals surface area (Å²) in [5.74, 6) is -0.290.